The number of unbranched alkanes of at least 4 members (excludes halogenated alkanes) is 41. The zero-order valence-electron chi connectivity index (χ0n) is 40.8. The maximum Gasteiger partial charge on any atom is 0.306 e. The number of rotatable bonds is 51. The van der Waals surface area contributed by atoms with Crippen LogP contribution in [0.1, 0.15) is 309 Å². The first-order valence-electron chi connectivity index (χ1n) is 27.2. The van der Waals surface area contributed by atoms with Crippen LogP contribution in [0.25, 0.3) is 0 Å². The molecule has 356 valence electrons. The Bertz CT molecular complexity index is 871. The third kappa shape index (κ3) is 49.3. The molecular formula is C55H106O5. The van der Waals surface area contributed by atoms with Gasteiger partial charge in [-0.25, -0.2) is 0 Å². The van der Waals surface area contributed by atoms with Crippen molar-refractivity contribution in [3.8, 4) is 0 Å². The summed E-state index contributed by atoms with van der Waals surface area (Å²) in [6, 6.07) is 0. The highest BCUT2D eigenvalue weighted by molar-refractivity contribution is 5.70. The van der Waals surface area contributed by atoms with Gasteiger partial charge in [-0.05, 0) is 38.5 Å². The highest BCUT2D eigenvalue weighted by Gasteiger charge is 2.16. The lowest BCUT2D eigenvalue weighted by molar-refractivity contribution is -0.161. The van der Waals surface area contributed by atoms with E-state index in [1.54, 1.807) is 0 Å². The second-order valence-electron chi connectivity index (χ2n) is 18.7. The van der Waals surface area contributed by atoms with Crippen LogP contribution in [0.3, 0.4) is 0 Å². The lowest BCUT2D eigenvalue weighted by atomic mass is 10.0. The Kier molecular flexibility index (Phi) is 50.8. The number of hydrogen-bond acceptors (Lipinski definition) is 5. The van der Waals surface area contributed by atoms with Crippen molar-refractivity contribution in [1.82, 2.24) is 0 Å². The van der Waals surface area contributed by atoms with Gasteiger partial charge in [0, 0.05) is 12.8 Å². The summed E-state index contributed by atoms with van der Waals surface area (Å²) in [5.41, 5.74) is 0. The summed E-state index contributed by atoms with van der Waals surface area (Å²) in [4.78, 5) is 24.4. The molecule has 1 atom stereocenters. The molecule has 0 aromatic rings. The SMILES string of the molecule is CCCCCCC/C=C\CCCCCCCC(=O)OC(CO)COC(=O)CCCCCCCCCCCCCCCCCCCCCCCCCCCCCCCCCC. The maximum atomic E-state index is 12.2. The van der Waals surface area contributed by atoms with Gasteiger partial charge in [0.1, 0.15) is 6.61 Å². The Balaban J connectivity index is 3.37. The smallest absolute Gasteiger partial charge is 0.306 e. The number of esters is 2. The molecule has 0 heterocycles. The molecule has 0 saturated carbocycles. The summed E-state index contributed by atoms with van der Waals surface area (Å²) in [6.45, 7) is 4.17. The first-order chi connectivity index (χ1) is 29.6. The van der Waals surface area contributed by atoms with Gasteiger partial charge in [-0.1, -0.05) is 270 Å². The zero-order chi connectivity index (χ0) is 43.5. The molecule has 0 radical (unpaired) electrons. The van der Waals surface area contributed by atoms with Crippen LogP contribution < -0.4 is 0 Å². The largest absolute Gasteiger partial charge is 0.462 e. The van der Waals surface area contributed by atoms with Crippen molar-refractivity contribution in [3.05, 3.63) is 12.2 Å². The molecule has 0 aromatic carbocycles. The monoisotopic (exact) mass is 847 g/mol. The Labute approximate surface area is 375 Å². The fourth-order valence-electron chi connectivity index (χ4n) is 8.44. The van der Waals surface area contributed by atoms with Gasteiger partial charge >= 0.3 is 11.9 Å². The van der Waals surface area contributed by atoms with E-state index < -0.39 is 6.10 Å². The van der Waals surface area contributed by atoms with Crippen molar-refractivity contribution in [3.63, 3.8) is 0 Å². The molecule has 0 aliphatic heterocycles. The van der Waals surface area contributed by atoms with Crippen molar-refractivity contribution < 1.29 is 24.2 Å². The summed E-state index contributed by atoms with van der Waals surface area (Å²) in [5.74, 6) is -0.583. The quantitative estimate of drug-likeness (QED) is 0.0375. The summed E-state index contributed by atoms with van der Waals surface area (Å²) in [6.07, 6.45) is 63.4. The molecule has 0 aliphatic carbocycles. The Hall–Kier alpha value is -1.36. The van der Waals surface area contributed by atoms with Crippen molar-refractivity contribution in [2.75, 3.05) is 13.2 Å². The number of carbonyl (C=O) groups is 2. The number of ether oxygens (including phenoxy) is 2. The van der Waals surface area contributed by atoms with Crippen LogP contribution in [0.2, 0.25) is 0 Å². The molecule has 0 aromatic heterocycles. The van der Waals surface area contributed by atoms with Crippen LogP contribution in [0.5, 0.6) is 0 Å². The molecule has 0 bridgehead atoms. The van der Waals surface area contributed by atoms with Gasteiger partial charge in [0.2, 0.25) is 0 Å². The first-order valence-corrected chi connectivity index (χ1v) is 27.2. The summed E-state index contributed by atoms with van der Waals surface area (Å²) >= 11 is 0. The van der Waals surface area contributed by atoms with Gasteiger partial charge in [-0.15, -0.1) is 0 Å². The molecule has 1 unspecified atom stereocenters. The van der Waals surface area contributed by atoms with Crippen LogP contribution >= 0.6 is 0 Å². The zero-order valence-corrected chi connectivity index (χ0v) is 40.8. The summed E-state index contributed by atoms with van der Waals surface area (Å²) in [5, 5.41) is 9.61. The molecule has 5 heteroatoms. The average molecular weight is 847 g/mol. The van der Waals surface area contributed by atoms with Crippen LogP contribution in [0, 0.1) is 0 Å². The van der Waals surface area contributed by atoms with E-state index in [4.69, 9.17) is 9.47 Å². The van der Waals surface area contributed by atoms with E-state index in [2.05, 4.69) is 26.0 Å². The van der Waals surface area contributed by atoms with Crippen LogP contribution in [-0.2, 0) is 19.1 Å². The summed E-state index contributed by atoms with van der Waals surface area (Å²) in [7, 11) is 0. The molecular weight excluding hydrogens is 741 g/mol. The van der Waals surface area contributed by atoms with Gasteiger partial charge in [0.05, 0.1) is 6.61 Å². The summed E-state index contributed by atoms with van der Waals surface area (Å²) < 4.78 is 10.7. The number of hydrogen-bond donors (Lipinski definition) is 1. The van der Waals surface area contributed by atoms with E-state index in [-0.39, 0.29) is 25.2 Å². The Morgan fingerprint density at radius 1 is 0.367 bits per heavy atom. The minimum absolute atomic E-state index is 0.0625. The van der Waals surface area contributed by atoms with Crippen molar-refractivity contribution in [1.29, 1.82) is 0 Å². The van der Waals surface area contributed by atoms with E-state index in [1.807, 2.05) is 0 Å². The highest BCUT2D eigenvalue weighted by Crippen LogP contribution is 2.18. The number of carbonyl (C=O) groups excluding carboxylic acids is 2. The van der Waals surface area contributed by atoms with Crippen molar-refractivity contribution >= 4 is 11.9 Å². The molecule has 0 amide bonds. The minimum Gasteiger partial charge on any atom is -0.462 e. The standard InChI is InChI=1S/C55H106O5/c1-3-5-7-9-11-13-15-17-19-20-21-22-23-24-25-26-27-28-29-30-31-32-33-34-35-36-38-39-41-43-45-47-49-54(57)59-52-53(51-56)60-55(58)50-48-46-44-42-40-37-18-16-14-12-10-8-6-4-2/h16,18,53,56H,3-15,17,19-52H2,1-2H3/b18-16-. The number of aliphatic hydroxyl groups excluding tert-OH is 1. The van der Waals surface area contributed by atoms with E-state index in [0.29, 0.717) is 12.8 Å². The topological polar surface area (TPSA) is 72.8 Å². The lowest BCUT2D eigenvalue weighted by Gasteiger charge is -2.15. The predicted molar refractivity (Wildman–Crippen MR) is 261 cm³/mol. The van der Waals surface area contributed by atoms with E-state index in [1.165, 1.54) is 244 Å². The number of aliphatic hydroxyl groups is 1. The van der Waals surface area contributed by atoms with Crippen LogP contribution in [0.4, 0.5) is 0 Å². The third-order valence-electron chi connectivity index (χ3n) is 12.6. The van der Waals surface area contributed by atoms with Gasteiger partial charge < -0.3 is 14.6 Å². The Morgan fingerprint density at radius 2 is 0.617 bits per heavy atom. The van der Waals surface area contributed by atoms with E-state index in [0.717, 1.165) is 38.5 Å². The lowest BCUT2D eigenvalue weighted by Crippen LogP contribution is -2.28. The highest BCUT2D eigenvalue weighted by atomic mass is 16.6. The molecule has 5 nitrogen and oxygen atoms in total. The molecule has 1 N–H and O–H groups in total. The molecule has 0 fully saturated rings. The number of allylic oxidation sites excluding steroid dienone is 2. The second-order valence-corrected chi connectivity index (χ2v) is 18.7. The van der Waals surface area contributed by atoms with Crippen LogP contribution in [0.15, 0.2) is 12.2 Å². The minimum atomic E-state index is -0.770. The van der Waals surface area contributed by atoms with E-state index in [9.17, 15) is 14.7 Å². The van der Waals surface area contributed by atoms with Crippen molar-refractivity contribution in [2.45, 2.75) is 315 Å². The molecule has 0 aliphatic rings. The van der Waals surface area contributed by atoms with E-state index >= 15 is 0 Å². The fourth-order valence-corrected chi connectivity index (χ4v) is 8.44. The molecule has 0 rings (SSSR count). The normalized spacial score (nSPS) is 12.1. The average Bonchev–Trinajstić information content (AvgIpc) is 3.25. The van der Waals surface area contributed by atoms with Gasteiger partial charge in [-0.3, -0.25) is 9.59 Å². The van der Waals surface area contributed by atoms with Gasteiger partial charge in [0.25, 0.3) is 0 Å². The second kappa shape index (κ2) is 52.0. The molecule has 60 heavy (non-hydrogen) atoms. The molecule has 0 spiro atoms. The van der Waals surface area contributed by atoms with Crippen molar-refractivity contribution in [2.24, 2.45) is 0 Å². The predicted octanol–water partition coefficient (Wildman–Crippen LogP) is 18.0. The van der Waals surface area contributed by atoms with Gasteiger partial charge in [-0.2, -0.15) is 0 Å². The first kappa shape index (κ1) is 58.6. The maximum absolute atomic E-state index is 12.2. The fraction of sp³-hybridized carbons (Fsp3) is 0.927. The molecule has 0 saturated heterocycles. The third-order valence-corrected chi connectivity index (χ3v) is 12.6. The van der Waals surface area contributed by atoms with Gasteiger partial charge in [0.15, 0.2) is 6.10 Å². The van der Waals surface area contributed by atoms with Crippen LogP contribution in [-0.4, -0.2) is 36.4 Å². The Morgan fingerprint density at radius 3 is 0.900 bits per heavy atom.